The number of carbonyl (C=O) groups is 1. The van der Waals surface area contributed by atoms with Gasteiger partial charge in [-0.25, -0.2) is 0 Å². The van der Waals surface area contributed by atoms with Crippen molar-refractivity contribution in [2.24, 2.45) is 0 Å². The van der Waals surface area contributed by atoms with Crippen LogP contribution in [0.4, 0.5) is 0 Å². The average molecular weight is 316 g/mol. The highest BCUT2D eigenvalue weighted by molar-refractivity contribution is 5.76. The van der Waals surface area contributed by atoms with E-state index in [2.05, 4.69) is 0 Å². The van der Waals surface area contributed by atoms with Crippen LogP contribution in [0.25, 0.3) is 0 Å². The molecule has 5 nitrogen and oxygen atoms in total. The van der Waals surface area contributed by atoms with Gasteiger partial charge in [0.25, 0.3) is 0 Å². The molecule has 0 spiro atoms. The molecular weight excluding hydrogens is 296 g/mol. The summed E-state index contributed by atoms with van der Waals surface area (Å²) in [6.45, 7) is 3.12. The van der Waals surface area contributed by atoms with E-state index in [0.29, 0.717) is 42.6 Å². The Morgan fingerprint density at radius 2 is 1.70 bits per heavy atom. The summed E-state index contributed by atoms with van der Waals surface area (Å²) in [6, 6.07) is 12.5. The van der Waals surface area contributed by atoms with E-state index in [4.69, 9.17) is 18.9 Å². The van der Waals surface area contributed by atoms with Crippen LogP contribution in [0.3, 0.4) is 0 Å². The molecule has 0 atom stereocenters. The summed E-state index contributed by atoms with van der Waals surface area (Å²) in [5, 5.41) is 0. The quantitative estimate of drug-likeness (QED) is 0.524. The van der Waals surface area contributed by atoms with Crippen molar-refractivity contribution in [2.45, 2.75) is 6.92 Å². The molecule has 5 heteroatoms. The second-order valence-electron chi connectivity index (χ2n) is 4.63. The van der Waals surface area contributed by atoms with E-state index < -0.39 is 0 Å². The highest BCUT2D eigenvalue weighted by Crippen LogP contribution is 2.28. The van der Waals surface area contributed by atoms with E-state index in [1.165, 1.54) is 0 Å². The minimum absolute atomic E-state index is 0.359. The number of hydrogen-bond donors (Lipinski definition) is 0. The Balaban J connectivity index is 1.89. The topological polar surface area (TPSA) is 54.0 Å². The number of carbonyl (C=O) groups excluding carboxylic acids is 1. The molecule has 2 rings (SSSR count). The lowest BCUT2D eigenvalue weighted by Crippen LogP contribution is -2.10. The Morgan fingerprint density at radius 3 is 2.43 bits per heavy atom. The molecule has 0 amide bonds. The molecule has 0 aromatic heterocycles. The Morgan fingerprint density at radius 1 is 0.913 bits per heavy atom. The van der Waals surface area contributed by atoms with Gasteiger partial charge < -0.3 is 18.9 Å². The first-order chi connectivity index (χ1) is 11.3. The van der Waals surface area contributed by atoms with E-state index in [1.54, 1.807) is 25.3 Å². The minimum Gasteiger partial charge on any atom is -0.497 e. The molecule has 0 aliphatic carbocycles. The molecule has 0 saturated carbocycles. The molecule has 23 heavy (non-hydrogen) atoms. The van der Waals surface area contributed by atoms with Gasteiger partial charge in [-0.2, -0.15) is 0 Å². The molecule has 0 heterocycles. The lowest BCUT2D eigenvalue weighted by Gasteiger charge is -2.13. The molecule has 0 saturated heterocycles. The standard InChI is InChI=1S/C18H20O5/c1-3-21-18-11-14(13-19)7-8-17(18)23-10-9-22-16-6-4-5-15(12-16)20-2/h4-8,11-13H,3,9-10H2,1-2H3. The van der Waals surface area contributed by atoms with Crippen LogP contribution in [0, 0.1) is 0 Å². The number of ether oxygens (including phenoxy) is 4. The molecule has 0 aliphatic rings. The smallest absolute Gasteiger partial charge is 0.161 e. The van der Waals surface area contributed by atoms with Crippen molar-refractivity contribution < 1.29 is 23.7 Å². The van der Waals surface area contributed by atoms with Gasteiger partial charge in [-0.3, -0.25) is 4.79 Å². The molecule has 0 aliphatic heterocycles. The zero-order chi connectivity index (χ0) is 16.5. The third-order valence-electron chi connectivity index (χ3n) is 3.05. The van der Waals surface area contributed by atoms with Gasteiger partial charge >= 0.3 is 0 Å². The number of methoxy groups -OCH3 is 1. The van der Waals surface area contributed by atoms with Crippen LogP contribution in [0.5, 0.6) is 23.0 Å². The lowest BCUT2D eigenvalue weighted by molar-refractivity contribution is 0.112. The fourth-order valence-electron chi connectivity index (χ4n) is 1.99. The van der Waals surface area contributed by atoms with E-state index in [-0.39, 0.29) is 0 Å². The van der Waals surface area contributed by atoms with Gasteiger partial charge in [0.05, 0.1) is 13.7 Å². The van der Waals surface area contributed by atoms with E-state index in [0.717, 1.165) is 12.0 Å². The van der Waals surface area contributed by atoms with E-state index in [1.807, 2.05) is 31.2 Å². The van der Waals surface area contributed by atoms with E-state index >= 15 is 0 Å². The van der Waals surface area contributed by atoms with Crippen LogP contribution >= 0.6 is 0 Å². The van der Waals surface area contributed by atoms with Crippen molar-refractivity contribution in [1.82, 2.24) is 0 Å². The first-order valence-electron chi connectivity index (χ1n) is 7.38. The van der Waals surface area contributed by atoms with Crippen LogP contribution in [0.15, 0.2) is 42.5 Å². The molecule has 2 aromatic rings. The zero-order valence-corrected chi connectivity index (χ0v) is 13.3. The Bertz CT molecular complexity index is 639. The Labute approximate surface area is 135 Å². The van der Waals surface area contributed by atoms with Crippen molar-refractivity contribution >= 4 is 6.29 Å². The molecule has 0 radical (unpaired) electrons. The number of rotatable bonds is 9. The SMILES string of the molecule is CCOc1cc(C=O)ccc1OCCOc1cccc(OC)c1. The summed E-state index contributed by atoms with van der Waals surface area (Å²) in [4.78, 5) is 10.8. The summed E-state index contributed by atoms with van der Waals surface area (Å²) in [5.41, 5.74) is 0.549. The van der Waals surface area contributed by atoms with Crippen LogP contribution in [0.2, 0.25) is 0 Å². The maximum Gasteiger partial charge on any atom is 0.161 e. The summed E-state index contributed by atoms with van der Waals surface area (Å²) in [5.74, 6) is 2.60. The maximum atomic E-state index is 10.8. The normalized spacial score (nSPS) is 10.0. The van der Waals surface area contributed by atoms with Crippen LogP contribution in [-0.4, -0.2) is 33.2 Å². The van der Waals surface area contributed by atoms with E-state index in [9.17, 15) is 4.79 Å². The van der Waals surface area contributed by atoms with Crippen LogP contribution in [-0.2, 0) is 0 Å². The minimum atomic E-state index is 0.359. The van der Waals surface area contributed by atoms with Crippen molar-refractivity contribution in [2.75, 3.05) is 26.9 Å². The third-order valence-corrected chi connectivity index (χ3v) is 3.05. The van der Waals surface area contributed by atoms with Crippen molar-refractivity contribution in [3.8, 4) is 23.0 Å². The zero-order valence-electron chi connectivity index (χ0n) is 13.3. The number of aldehydes is 1. The summed E-state index contributed by atoms with van der Waals surface area (Å²) in [7, 11) is 1.61. The van der Waals surface area contributed by atoms with Gasteiger partial charge in [0.15, 0.2) is 11.5 Å². The van der Waals surface area contributed by atoms with Crippen molar-refractivity contribution in [3.63, 3.8) is 0 Å². The predicted molar refractivity (Wildman–Crippen MR) is 87.0 cm³/mol. The van der Waals surface area contributed by atoms with Crippen LogP contribution in [0.1, 0.15) is 17.3 Å². The number of hydrogen-bond acceptors (Lipinski definition) is 5. The largest absolute Gasteiger partial charge is 0.497 e. The maximum absolute atomic E-state index is 10.8. The lowest BCUT2D eigenvalue weighted by atomic mass is 10.2. The van der Waals surface area contributed by atoms with Gasteiger partial charge in [0, 0.05) is 11.6 Å². The van der Waals surface area contributed by atoms with Gasteiger partial charge in [0.1, 0.15) is 31.0 Å². The first-order valence-corrected chi connectivity index (χ1v) is 7.38. The van der Waals surface area contributed by atoms with Gasteiger partial charge in [-0.05, 0) is 37.3 Å². The molecule has 0 unspecified atom stereocenters. The average Bonchev–Trinajstić information content (AvgIpc) is 2.60. The molecule has 122 valence electrons. The van der Waals surface area contributed by atoms with Gasteiger partial charge in [-0.1, -0.05) is 6.07 Å². The summed E-state index contributed by atoms with van der Waals surface area (Å²) < 4.78 is 21.9. The molecular formula is C18H20O5. The first kappa shape index (κ1) is 16.7. The fourth-order valence-corrected chi connectivity index (χ4v) is 1.99. The van der Waals surface area contributed by atoms with Gasteiger partial charge in [-0.15, -0.1) is 0 Å². The Kier molecular flexibility index (Phi) is 6.29. The number of benzene rings is 2. The Hall–Kier alpha value is -2.69. The highest BCUT2D eigenvalue weighted by Gasteiger charge is 2.06. The van der Waals surface area contributed by atoms with Gasteiger partial charge in [0.2, 0.25) is 0 Å². The molecule has 0 fully saturated rings. The predicted octanol–water partition coefficient (Wildman–Crippen LogP) is 3.36. The summed E-state index contributed by atoms with van der Waals surface area (Å²) >= 11 is 0. The second kappa shape index (κ2) is 8.68. The molecule has 0 bridgehead atoms. The highest BCUT2D eigenvalue weighted by atomic mass is 16.5. The monoisotopic (exact) mass is 316 g/mol. The second-order valence-corrected chi connectivity index (χ2v) is 4.63. The summed E-state index contributed by atoms with van der Waals surface area (Å²) in [6.07, 6.45) is 0.776. The van der Waals surface area contributed by atoms with Crippen molar-refractivity contribution in [1.29, 1.82) is 0 Å². The molecule has 2 aromatic carbocycles. The van der Waals surface area contributed by atoms with Crippen molar-refractivity contribution in [3.05, 3.63) is 48.0 Å². The fraction of sp³-hybridized carbons (Fsp3) is 0.278. The third kappa shape index (κ3) is 4.92. The van der Waals surface area contributed by atoms with Crippen LogP contribution < -0.4 is 18.9 Å². The molecule has 0 N–H and O–H groups in total.